The highest BCUT2D eigenvalue weighted by Gasteiger charge is 2.19. The molecule has 0 rings (SSSR count). The molecule has 0 saturated carbocycles. The number of carbonyl (C=O) groups excluding carboxylic acids is 3. The van der Waals surface area contributed by atoms with Gasteiger partial charge in [-0.15, -0.1) is 0 Å². The zero-order valence-electron chi connectivity index (χ0n) is 47.9. The maximum Gasteiger partial charge on any atom is 0.306 e. The highest BCUT2D eigenvalue weighted by Crippen LogP contribution is 2.17. The zero-order valence-corrected chi connectivity index (χ0v) is 47.9. The Morgan fingerprint density at radius 2 is 0.542 bits per heavy atom. The minimum Gasteiger partial charge on any atom is -0.462 e. The van der Waals surface area contributed by atoms with Gasteiger partial charge >= 0.3 is 17.9 Å². The Morgan fingerprint density at radius 1 is 0.292 bits per heavy atom. The highest BCUT2D eigenvalue weighted by molar-refractivity contribution is 5.71. The highest BCUT2D eigenvalue weighted by atomic mass is 16.6. The summed E-state index contributed by atoms with van der Waals surface area (Å²) in [5.74, 6) is -0.892. The first kappa shape index (κ1) is 69.1. The smallest absolute Gasteiger partial charge is 0.306 e. The maximum absolute atomic E-state index is 12.9. The molecule has 418 valence electrons. The van der Waals surface area contributed by atoms with Crippen LogP contribution in [-0.4, -0.2) is 37.2 Å². The van der Waals surface area contributed by atoms with Crippen molar-refractivity contribution in [3.8, 4) is 0 Å². The molecule has 0 bridgehead atoms. The molecule has 0 aliphatic heterocycles. The second-order valence-electron chi connectivity index (χ2n) is 20.9. The Hall–Kier alpha value is -2.89. The zero-order chi connectivity index (χ0) is 52.2. The Labute approximate surface area is 447 Å². The molecule has 0 N–H and O–H groups in total. The fourth-order valence-corrected chi connectivity index (χ4v) is 9.08. The summed E-state index contributed by atoms with van der Waals surface area (Å²) in [6.45, 7) is 6.55. The van der Waals surface area contributed by atoms with Gasteiger partial charge in [-0.25, -0.2) is 0 Å². The van der Waals surface area contributed by atoms with E-state index in [9.17, 15) is 14.4 Å². The van der Waals surface area contributed by atoms with Crippen molar-refractivity contribution in [1.82, 2.24) is 0 Å². The Morgan fingerprint density at radius 3 is 0.861 bits per heavy atom. The molecule has 0 saturated heterocycles. The van der Waals surface area contributed by atoms with E-state index in [2.05, 4.69) is 81.5 Å². The summed E-state index contributed by atoms with van der Waals surface area (Å²) in [5.41, 5.74) is 0. The summed E-state index contributed by atoms with van der Waals surface area (Å²) in [4.78, 5) is 38.3. The number of esters is 3. The van der Waals surface area contributed by atoms with Gasteiger partial charge in [-0.1, -0.05) is 281 Å². The van der Waals surface area contributed by atoms with E-state index in [4.69, 9.17) is 14.2 Å². The summed E-state index contributed by atoms with van der Waals surface area (Å²) >= 11 is 0. The average molecular weight is 1010 g/mol. The third-order valence-corrected chi connectivity index (χ3v) is 13.8. The van der Waals surface area contributed by atoms with Crippen LogP contribution in [0.1, 0.15) is 323 Å². The lowest BCUT2D eigenvalue weighted by molar-refractivity contribution is -0.167. The summed E-state index contributed by atoms with van der Waals surface area (Å²) in [6, 6.07) is 0. The van der Waals surface area contributed by atoms with Crippen molar-refractivity contribution >= 4 is 17.9 Å². The average Bonchev–Trinajstić information content (AvgIpc) is 3.38. The van der Waals surface area contributed by atoms with Gasteiger partial charge in [0.05, 0.1) is 0 Å². The van der Waals surface area contributed by atoms with Crippen molar-refractivity contribution in [2.45, 2.75) is 329 Å². The third-order valence-electron chi connectivity index (χ3n) is 13.8. The summed E-state index contributed by atoms with van der Waals surface area (Å²) < 4.78 is 16.9. The van der Waals surface area contributed by atoms with Gasteiger partial charge in [0.1, 0.15) is 13.2 Å². The molecular weight excluding hydrogens is 889 g/mol. The van der Waals surface area contributed by atoms with Crippen LogP contribution in [0.3, 0.4) is 0 Å². The molecule has 0 aromatic heterocycles. The number of ether oxygens (including phenoxy) is 3. The fraction of sp³-hybridized carbons (Fsp3) is 0.803. The van der Waals surface area contributed by atoms with Gasteiger partial charge in [-0.05, 0) is 83.5 Å². The standard InChI is InChI=1S/C66H118O6/c1-4-7-10-13-16-19-22-25-28-31-33-36-38-41-44-47-50-53-56-59-65(68)71-62-63(61-70-64(67)58-55-52-49-46-43-40-37-34-30-27-24-21-18-15-12-9-6-3)72-66(69)60-57-54-51-48-45-42-39-35-32-29-26-23-20-17-14-11-8-5-2/h9,12,18,21,27,29-30,32,37,40,63H,4-8,10-11,13-17,19-20,22-26,28,31,33-36,38-39,41-62H2,1-3H3/b12-9-,21-18-,30-27-,32-29-,40-37-. The lowest BCUT2D eigenvalue weighted by Crippen LogP contribution is -2.30. The summed E-state index contributed by atoms with van der Waals surface area (Å²) in [6.07, 6.45) is 76.5. The molecule has 0 radical (unpaired) electrons. The van der Waals surface area contributed by atoms with Gasteiger partial charge < -0.3 is 14.2 Å². The van der Waals surface area contributed by atoms with Crippen LogP contribution in [0, 0.1) is 0 Å². The first-order valence-electron chi connectivity index (χ1n) is 31.3. The molecule has 0 fully saturated rings. The summed E-state index contributed by atoms with van der Waals surface area (Å²) in [7, 11) is 0. The predicted octanol–water partition coefficient (Wildman–Crippen LogP) is 21.2. The molecular formula is C66H118O6. The van der Waals surface area contributed by atoms with Crippen LogP contribution in [0.2, 0.25) is 0 Å². The van der Waals surface area contributed by atoms with Crippen LogP contribution in [0.15, 0.2) is 60.8 Å². The Balaban J connectivity index is 4.38. The van der Waals surface area contributed by atoms with Gasteiger partial charge in [0.15, 0.2) is 6.10 Å². The van der Waals surface area contributed by atoms with Crippen molar-refractivity contribution in [1.29, 1.82) is 0 Å². The number of allylic oxidation sites excluding steroid dienone is 10. The second kappa shape index (κ2) is 60.7. The number of carbonyl (C=O) groups is 3. The molecule has 0 aromatic rings. The topological polar surface area (TPSA) is 78.9 Å². The van der Waals surface area contributed by atoms with Gasteiger partial charge in [0, 0.05) is 19.3 Å². The minimum atomic E-state index is -0.786. The molecule has 1 unspecified atom stereocenters. The minimum absolute atomic E-state index is 0.0808. The van der Waals surface area contributed by atoms with Crippen molar-refractivity contribution < 1.29 is 28.6 Å². The molecule has 6 heteroatoms. The van der Waals surface area contributed by atoms with Gasteiger partial charge in [0.2, 0.25) is 0 Å². The number of rotatable bonds is 57. The predicted molar refractivity (Wildman–Crippen MR) is 312 cm³/mol. The van der Waals surface area contributed by atoms with E-state index in [1.54, 1.807) is 0 Å². The van der Waals surface area contributed by atoms with Crippen molar-refractivity contribution in [3.63, 3.8) is 0 Å². The maximum atomic E-state index is 12.9. The molecule has 72 heavy (non-hydrogen) atoms. The van der Waals surface area contributed by atoms with E-state index >= 15 is 0 Å². The molecule has 0 heterocycles. The molecule has 0 aromatic carbocycles. The van der Waals surface area contributed by atoms with Crippen LogP contribution < -0.4 is 0 Å². The largest absolute Gasteiger partial charge is 0.462 e. The quantitative estimate of drug-likeness (QED) is 0.0261. The first-order valence-corrected chi connectivity index (χ1v) is 31.3. The molecule has 0 aliphatic carbocycles. The van der Waals surface area contributed by atoms with E-state index in [0.29, 0.717) is 19.3 Å². The number of hydrogen-bond acceptors (Lipinski definition) is 6. The monoisotopic (exact) mass is 1010 g/mol. The van der Waals surface area contributed by atoms with Gasteiger partial charge in [0.25, 0.3) is 0 Å². The normalized spacial score (nSPS) is 12.4. The Kier molecular flexibility index (Phi) is 58.2. The van der Waals surface area contributed by atoms with Crippen molar-refractivity contribution in [3.05, 3.63) is 60.8 Å². The van der Waals surface area contributed by atoms with Crippen LogP contribution >= 0.6 is 0 Å². The van der Waals surface area contributed by atoms with Crippen LogP contribution in [0.4, 0.5) is 0 Å². The van der Waals surface area contributed by atoms with Crippen LogP contribution in [0.25, 0.3) is 0 Å². The van der Waals surface area contributed by atoms with E-state index in [1.807, 2.05) is 0 Å². The molecule has 0 aliphatic rings. The molecule has 6 nitrogen and oxygen atoms in total. The second-order valence-corrected chi connectivity index (χ2v) is 20.9. The van der Waals surface area contributed by atoms with Gasteiger partial charge in [-0.3, -0.25) is 14.4 Å². The van der Waals surface area contributed by atoms with E-state index in [0.717, 1.165) is 96.3 Å². The Bertz CT molecular complexity index is 1290. The van der Waals surface area contributed by atoms with Crippen LogP contribution in [-0.2, 0) is 28.6 Å². The lowest BCUT2D eigenvalue weighted by Gasteiger charge is -2.18. The van der Waals surface area contributed by atoms with E-state index in [1.165, 1.54) is 186 Å². The van der Waals surface area contributed by atoms with Gasteiger partial charge in [-0.2, -0.15) is 0 Å². The lowest BCUT2D eigenvalue weighted by atomic mass is 10.0. The molecule has 1 atom stereocenters. The fourth-order valence-electron chi connectivity index (χ4n) is 9.08. The summed E-state index contributed by atoms with van der Waals surface area (Å²) in [5, 5.41) is 0. The third kappa shape index (κ3) is 58.0. The molecule has 0 amide bonds. The SMILES string of the molecule is CC/C=C\C/C=C\C/C=C\C/C=C\CCCCCCC(=O)OCC(COC(=O)CCCCCCCCCCCCCCCCCCCCC)OC(=O)CCCCCCCCC/C=C\CCCCCCCCC. The first-order chi connectivity index (χ1) is 35.5. The number of hydrogen-bond donors (Lipinski definition) is 0. The van der Waals surface area contributed by atoms with E-state index < -0.39 is 6.10 Å². The number of unbranched alkanes of at least 4 members (excludes halogenated alkanes) is 36. The van der Waals surface area contributed by atoms with Crippen molar-refractivity contribution in [2.75, 3.05) is 13.2 Å². The van der Waals surface area contributed by atoms with Crippen molar-refractivity contribution in [2.24, 2.45) is 0 Å². The van der Waals surface area contributed by atoms with E-state index in [-0.39, 0.29) is 31.1 Å². The van der Waals surface area contributed by atoms with Crippen LogP contribution in [0.5, 0.6) is 0 Å². The molecule has 0 spiro atoms.